The Morgan fingerprint density at radius 3 is 2.78 bits per heavy atom. The molecule has 9 heteroatoms. The summed E-state index contributed by atoms with van der Waals surface area (Å²) >= 11 is 0. The van der Waals surface area contributed by atoms with E-state index in [2.05, 4.69) is 21.7 Å². The van der Waals surface area contributed by atoms with Crippen LogP contribution in [-0.2, 0) is 10.0 Å². The van der Waals surface area contributed by atoms with Crippen molar-refractivity contribution in [3.63, 3.8) is 0 Å². The number of aromatic nitrogens is 2. The number of nitrogens with one attached hydrogen (secondary N) is 2. The average Bonchev–Trinajstić information content (AvgIpc) is 3.31. The molecule has 0 radical (unpaired) electrons. The van der Waals surface area contributed by atoms with E-state index >= 15 is 0 Å². The fourth-order valence-corrected chi connectivity index (χ4v) is 4.24. The van der Waals surface area contributed by atoms with Crippen LogP contribution in [0, 0.1) is 5.82 Å². The summed E-state index contributed by atoms with van der Waals surface area (Å²) in [6.07, 6.45) is 7.18. The summed E-state index contributed by atoms with van der Waals surface area (Å²) in [5, 5.41) is 7.01. The first-order chi connectivity index (χ1) is 12.9. The van der Waals surface area contributed by atoms with Crippen molar-refractivity contribution in [3.8, 4) is 0 Å². The molecule has 0 spiro atoms. The zero-order valence-electron chi connectivity index (χ0n) is 14.7. The molecule has 7 nitrogen and oxygen atoms in total. The lowest BCUT2D eigenvalue weighted by Gasteiger charge is -2.15. The molecule has 1 fully saturated rings. The van der Waals surface area contributed by atoms with Gasteiger partial charge in [0.25, 0.3) is 5.91 Å². The van der Waals surface area contributed by atoms with Gasteiger partial charge in [0.05, 0.1) is 12.2 Å². The van der Waals surface area contributed by atoms with Crippen molar-refractivity contribution >= 4 is 21.7 Å². The smallest absolute Gasteiger partial charge is 0.256 e. The second-order valence-electron chi connectivity index (χ2n) is 6.34. The van der Waals surface area contributed by atoms with E-state index in [1.807, 2.05) is 0 Å². The van der Waals surface area contributed by atoms with Crippen LogP contribution >= 0.6 is 0 Å². The highest BCUT2D eigenvalue weighted by Gasteiger charge is 2.23. The number of hydrogen-bond acceptors (Lipinski definition) is 4. The Morgan fingerprint density at radius 1 is 1.33 bits per heavy atom. The molecule has 0 aliphatic heterocycles. The summed E-state index contributed by atoms with van der Waals surface area (Å²) < 4.78 is 42.4. The summed E-state index contributed by atoms with van der Waals surface area (Å²) in [7, 11) is -4.09. The van der Waals surface area contributed by atoms with Crippen LogP contribution in [0.1, 0.15) is 42.1 Å². The van der Waals surface area contributed by atoms with Gasteiger partial charge < -0.3 is 5.32 Å². The number of carbonyl (C=O) groups is 1. The Labute approximate surface area is 157 Å². The Kier molecular flexibility index (Phi) is 5.71. The lowest BCUT2D eigenvalue weighted by atomic mass is 10.2. The number of nitrogens with zero attached hydrogens (tertiary/aromatic N) is 2. The SMILES string of the molecule is C=CCNS(=O)(=O)c1cc(C(=O)Nc2ccnn2C2CCCC2)ccc1F. The van der Waals surface area contributed by atoms with Crippen LogP contribution in [0.25, 0.3) is 0 Å². The zero-order chi connectivity index (χ0) is 19.4. The first-order valence-electron chi connectivity index (χ1n) is 8.67. The van der Waals surface area contributed by atoms with Gasteiger partial charge in [0.1, 0.15) is 16.5 Å². The van der Waals surface area contributed by atoms with Crippen molar-refractivity contribution < 1.29 is 17.6 Å². The minimum Gasteiger partial charge on any atom is -0.307 e. The van der Waals surface area contributed by atoms with Gasteiger partial charge in [0.2, 0.25) is 10.0 Å². The van der Waals surface area contributed by atoms with E-state index in [4.69, 9.17) is 0 Å². The molecule has 1 saturated carbocycles. The van der Waals surface area contributed by atoms with Crippen LogP contribution in [0.3, 0.4) is 0 Å². The molecule has 2 aromatic rings. The highest BCUT2D eigenvalue weighted by Crippen LogP contribution is 2.31. The Hall–Kier alpha value is -2.52. The highest BCUT2D eigenvalue weighted by atomic mass is 32.2. The van der Waals surface area contributed by atoms with Gasteiger partial charge in [-0.2, -0.15) is 5.10 Å². The normalized spacial score (nSPS) is 15.0. The third kappa shape index (κ3) is 4.25. The van der Waals surface area contributed by atoms with Crippen molar-refractivity contribution in [2.45, 2.75) is 36.6 Å². The van der Waals surface area contributed by atoms with E-state index < -0.39 is 26.6 Å². The Balaban J connectivity index is 1.83. The van der Waals surface area contributed by atoms with Crippen molar-refractivity contribution in [3.05, 3.63) is 54.5 Å². The minimum absolute atomic E-state index is 0.0366. The summed E-state index contributed by atoms with van der Waals surface area (Å²) in [6.45, 7) is 3.37. The summed E-state index contributed by atoms with van der Waals surface area (Å²) in [6, 6.07) is 5.15. The molecule has 1 aromatic carbocycles. The number of hydrogen-bond donors (Lipinski definition) is 2. The monoisotopic (exact) mass is 392 g/mol. The number of sulfonamides is 1. The second-order valence-corrected chi connectivity index (χ2v) is 8.07. The molecule has 1 aliphatic rings. The molecule has 1 amide bonds. The number of benzene rings is 1. The fourth-order valence-electron chi connectivity index (χ4n) is 3.14. The van der Waals surface area contributed by atoms with E-state index in [0.29, 0.717) is 5.82 Å². The van der Waals surface area contributed by atoms with Crippen molar-refractivity contribution in [2.75, 3.05) is 11.9 Å². The molecule has 0 saturated heterocycles. The van der Waals surface area contributed by atoms with Crippen LogP contribution in [0.2, 0.25) is 0 Å². The number of anilines is 1. The van der Waals surface area contributed by atoms with Crippen LogP contribution < -0.4 is 10.0 Å². The third-order valence-electron chi connectivity index (χ3n) is 4.48. The predicted molar refractivity (Wildman–Crippen MR) is 99.5 cm³/mol. The van der Waals surface area contributed by atoms with Gasteiger partial charge in [-0.1, -0.05) is 18.9 Å². The van der Waals surface area contributed by atoms with Crippen molar-refractivity contribution in [1.29, 1.82) is 0 Å². The molecule has 0 unspecified atom stereocenters. The maximum absolute atomic E-state index is 14.0. The molecule has 1 aromatic heterocycles. The first-order valence-corrected chi connectivity index (χ1v) is 10.2. The molecule has 1 aliphatic carbocycles. The average molecular weight is 392 g/mol. The van der Waals surface area contributed by atoms with E-state index in [0.717, 1.165) is 37.8 Å². The molecule has 0 bridgehead atoms. The number of rotatable bonds is 7. The number of halogens is 1. The topological polar surface area (TPSA) is 93.1 Å². The molecule has 27 heavy (non-hydrogen) atoms. The maximum Gasteiger partial charge on any atom is 0.256 e. The van der Waals surface area contributed by atoms with Gasteiger partial charge in [-0.05, 0) is 31.0 Å². The predicted octanol–water partition coefficient (Wildman–Crippen LogP) is 2.85. The van der Waals surface area contributed by atoms with E-state index in [1.54, 1.807) is 16.9 Å². The minimum atomic E-state index is -4.09. The van der Waals surface area contributed by atoms with Crippen LogP contribution in [0.15, 0.2) is 48.0 Å². The van der Waals surface area contributed by atoms with Gasteiger partial charge >= 0.3 is 0 Å². The van der Waals surface area contributed by atoms with E-state index in [-0.39, 0.29) is 18.2 Å². The Bertz CT molecular complexity index is 949. The quantitative estimate of drug-likeness (QED) is 0.709. The molecule has 3 rings (SSSR count). The third-order valence-corrected chi connectivity index (χ3v) is 5.92. The van der Waals surface area contributed by atoms with Gasteiger partial charge in [-0.25, -0.2) is 22.2 Å². The first kappa shape index (κ1) is 19.2. The van der Waals surface area contributed by atoms with Gasteiger partial charge in [-0.3, -0.25) is 4.79 Å². The van der Waals surface area contributed by atoms with Gasteiger partial charge in [-0.15, -0.1) is 6.58 Å². The molecule has 1 heterocycles. The van der Waals surface area contributed by atoms with E-state index in [9.17, 15) is 17.6 Å². The van der Waals surface area contributed by atoms with Crippen molar-refractivity contribution in [1.82, 2.24) is 14.5 Å². The van der Waals surface area contributed by atoms with Crippen LogP contribution in [0.5, 0.6) is 0 Å². The second kappa shape index (κ2) is 8.01. The maximum atomic E-state index is 14.0. The molecule has 0 atom stereocenters. The van der Waals surface area contributed by atoms with E-state index in [1.165, 1.54) is 12.1 Å². The number of amides is 1. The van der Waals surface area contributed by atoms with Crippen molar-refractivity contribution in [2.24, 2.45) is 0 Å². The summed E-state index contributed by atoms with van der Waals surface area (Å²) in [5.41, 5.74) is 0.0366. The molecular formula is C18H21FN4O3S. The largest absolute Gasteiger partial charge is 0.307 e. The lowest BCUT2D eigenvalue weighted by molar-refractivity contribution is 0.102. The van der Waals surface area contributed by atoms with Gasteiger partial charge in [0.15, 0.2) is 0 Å². The molecule has 2 N–H and O–H groups in total. The summed E-state index contributed by atoms with van der Waals surface area (Å²) in [5.74, 6) is -0.931. The van der Waals surface area contributed by atoms with Crippen LogP contribution in [0.4, 0.5) is 10.2 Å². The molecule has 144 valence electrons. The Morgan fingerprint density at radius 2 is 2.07 bits per heavy atom. The standard InChI is InChI=1S/C18H21FN4O3S/c1-2-10-21-27(25,26)16-12-13(7-8-15(16)19)18(24)22-17-9-11-20-23(17)14-5-3-4-6-14/h2,7-9,11-12,14,21H,1,3-6,10H2,(H,22,24). The molecular weight excluding hydrogens is 371 g/mol. The van der Waals surface area contributed by atoms with Gasteiger partial charge in [0, 0.05) is 18.2 Å². The number of carbonyl (C=O) groups excluding carboxylic acids is 1. The highest BCUT2D eigenvalue weighted by molar-refractivity contribution is 7.89. The van der Waals surface area contributed by atoms with Crippen LogP contribution in [-0.4, -0.2) is 30.7 Å². The lowest BCUT2D eigenvalue weighted by Crippen LogP contribution is -2.25. The zero-order valence-corrected chi connectivity index (χ0v) is 15.5. The summed E-state index contributed by atoms with van der Waals surface area (Å²) in [4.78, 5) is 12.0. The fraction of sp³-hybridized carbons (Fsp3) is 0.333.